The van der Waals surface area contributed by atoms with Crippen LogP contribution in [-0.2, 0) is 6.54 Å². The van der Waals surface area contributed by atoms with Gasteiger partial charge in [-0.25, -0.2) is 4.98 Å². The van der Waals surface area contributed by atoms with E-state index in [1.807, 2.05) is 23.6 Å². The van der Waals surface area contributed by atoms with Crippen LogP contribution in [0.5, 0.6) is 0 Å². The van der Waals surface area contributed by atoms with Crippen molar-refractivity contribution in [1.29, 1.82) is 0 Å². The number of rotatable bonds is 4. The van der Waals surface area contributed by atoms with Crippen LogP contribution in [0.25, 0.3) is 0 Å². The number of imidazole rings is 1. The Kier molecular flexibility index (Phi) is 3.17. The van der Waals surface area contributed by atoms with Crippen molar-refractivity contribution >= 4 is 17.1 Å². The van der Waals surface area contributed by atoms with Crippen molar-refractivity contribution in [2.45, 2.75) is 13.5 Å². The molecule has 2 aromatic rings. The zero-order valence-electron chi connectivity index (χ0n) is 9.01. The van der Waals surface area contributed by atoms with Crippen molar-refractivity contribution in [2.75, 3.05) is 6.54 Å². The second kappa shape index (κ2) is 4.59. The number of aryl methyl sites for hydroxylation is 1. The van der Waals surface area contributed by atoms with Gasteiger partial charge in [0.15, 0.2) is 0 Å². The minimum Gasteiger partial charge on any atom is -0.335 e. The molecule has 0 atom stereocenters. The van der Waals surface area contributed by atoms with Gasteiger partial charge in [-0.05, 0) is 19.1 Å². The zero-order chi connectivity index (χ0) is 11.5. The average Bonchev–Trinajstić information content (AvgIpc) is 2.87. The minimum absolute atomic E-state index is 0.0196. The largest absolute Gasteiger partial charge is 0.335 e. The van der Waals surface area contributed by atoms with E-state index in [0.717, 1.165) is 9.75 Å². The molecule has 0 aliphatic carbocycles. The van der Waals surface area contributed by atoms with Crippen molar-refractivity contribution < 1.29 is 4.79 Å². The Hall–Kier alpha value is -1.46. The van der Waals surface area contributed by atoms with Crippen LogP contribution in [0, 0.1) is 6.92 Å². The third kappa shape index (κ3) is 2.20. The highest BCUT2D eigenvalue weighted by molar-refractivity contribution is 7.14. The van der Waals surface area contributed by atoms with Gasteiger partial charge >= 0.3 is 0 Å². The number of carbonyl (C=O) groups is 1. The standard InChI is InChI=1S/C11H13N3OS/c1-8-2-3-10(16-8)11(15)9-6-14(5-4-12)7-13-9/h2-3,6-7H,4-5,12H2,1H3. The molecule has 0 saturated carbocycles. The summed E-state index contributed by atoms with van der Waals surface area (Å²) in [4.78, 5) is 17.9. The Bertz CT molecular complexity index is 501. The fourth-order valence-electron chi connectivity index (χ4n) is 1.43. The molecule has 0 aromatic carbocycles. The highest BCUT2D eigenvalue weighted by atomic mass is 32.1. The fourth-order valence-corrected chi connectivity index (χ4v) is 2.25. The minimum atomic E-state index is -0.0196. The molecule has 4 nitrogen and oxygen atoms in total. The zero-order valence-corrected chi connectivity index (χ0v) is 9.83. The lowest BCUT2D eigenvalue weighted by Crippen LogP contribution is -2.08. The van der Waals surface area contributed by atoms with E-state index in [4.69, 9.17) is 5.73 Å². The van der Waals surface area contributed by atoms with E-state index in [9.17, 15) is 4.79 Å². The first-order chi connectivity index (χ1) is 7.70. The fraction of sp³-hybridized carbons (Fsp3) is 0.273. The molecule has 2 aromatic heterocycles. The van der Waals surface area contributed by atoms with Gasteiger partial charge in [0.2, 0.25) is 5.78 Å². The van der Waals surface area contributed by atoms with Gasteiger partial charge in [-0.1, -0.05) is 0 Å². The maximum absolute atomic E-state index is 12.0. The van der Waals surface area contributed by atoms with Crippen LogP contribution >= 0.6 is 11.3 Å². The van der Waals surface area contributed by atoms with Gasteiger partial charge in [0.1, 0.15) is 5.69 Å². The van der Waals surface area contributed by atoms with Gasteiger partial charge in [0.25, 0.3) is 0 Å². The highest BCUT2D eigenvalue weighted by Crippen LogP contribution is 2.18. The third-order valence-corrected chi connectivity index (χ3v) is 3.22. The summed E-state index contributed by atoms with van der Waals surface area (Å²) in [5, 5.41) is 0. The molecule has 0 saturated heterocycles. The molecule has 84 valence electrons. The Balaban J connectivity index is 2.20. The summed E-state index contributed by atoms with van der Waals surface area (Å²) in [6.07, 6.45) is 3.38. The molecule has 0 fully saturated rings. The summed E-state index contributed by atoms with van der Waals surface area (Å²) in [7, 11) is 0. The molecule has 16 heavy (non-hydrogen) atoms. The van der Waals surface area contributed by atoms with E-state index in [2.05, 4.69) is 4.98 Å². The molecule has 0 radical (unpaired) electrons. The quantitative estimate of drug-likeness (QED) is 0.816. The topological polar surface area (TPSA) is 60.9 Å². The Morgan fingerprint density at radius 1 is 1.56 bits per heavy atom. The molecule has 0 aliphatic rings. The van der Waals surface area contributed by atoms with E-state index < -0.39 is 0 Å². The molecule has 0 spiro atoms. The maximum atomic E-state index is 12.0. The van der Waals surface area contributed by atoms with Crippen molar-refractivity contribution in [2.24, 2.45) is 5.73 Å². The lowest BCUT2D eigenvalue weighted by atomic mass is 10.2. The van der Waals surface area contributed by atoms with Crippen LogP contribution in [0.2, 0.25) is 0 Å². The molecular formula is C11H13N3OS. The van der Waals surface area contributed by atoms with Gasteiger partial charge in [0, 0.05) is 24.2 Å². The smallest absolute Gasteiger partial charge is 0.222 e. The van der Waals surface area contributed by atoms with Crippen molar-refractivity contribution in [3.63, 3.8) is 0 Å². The van der Waals surface area contributed by atoms with Crippen LogP contribution < -0.4 is 5.73 Å². The van der Waals surface area contributed by atoms with Gasteiger partial charge in [-0.15, -0.1) is 11.3 Å². The number of thiophene rings is 1. The molecule has 2 rings (SSSR count). The van der Waals surface area contributed by atoms with Crippen LogP contribution in [-0.4, -0.2) is 21.9 Å². The monoisotopic (exact) mass is 235 g/mol. The molecule has 0 bridgehead atoms. The normalized spacial score (nSPS) is 10.6. The molecule has 2 N–H and O–H groups in total. The van der Waals surface area contributed by atoms with Crippen molar-refractivity contribution in [3.8, 4) is 0 Å². The third-order valence-electron chi connectivity index (χ3n) is 2.22. The molecular weight excluding hydrogens is 222 g/mol. The molecule has 0 aliphatic heterocycles. The predicted molar refractivity (Wildman–Crippen MR) is 63.8 cm³/mol. The first-order valence-corrected chi connectivity index (χ1v) is 5.85. The average molecular weight is 235 g/mol. The number of carbonyl (C=O) groups excluding carboxylic acids is 1. The second-order valence-electron chi connectivity index (χ2n) is 3.52. The van der Waals surface area contributed by atoms with Crippen molar-refractivity contribution in [3.05, 3.63) is 40.1 Å². The Labute approximate surface area is 97.7 Å². The summed E-state index contributed by atoms with van der Waals surface area (Å²) < 4.78 is 1.83. The van der Waals surface area contributed by atoms with Crippen molar-refractivity contribution in [1.82, 2.24) is 9.55 Å². The number of hydrogen-bond donors (Lipinski definition) is 1. The summed E-state index contributed by atoms with van der Waals surface area (Å²) >= 11 is 1.49. The Morgan fingerprint density at radius 2 is 2.38 bits per heavy atom. The summed E-state index contributed by atoms with van der Waals surface area (Å²) in [5.41, 5.74) is 5.91. The number of hydrogen-bond acceptors (Lipinski definition) is 4. The number of nitrogens with zero attached hydrogens (tertiary/aromatic N) is 2. The van der Waals surface area contributed by atoms with E-state index in [0.29, 0.717) is 18.8 Å². The molecule has 2 heterocycles. The maximum Gasteiger partial charge on any atom is 0.222 e. The van der Waals surface area contributed by atoms with Gasteiger partial charge in [-0.3, -0.25) is 4.79 Å². The van der Waals surface area contributed by atoms with Crippen LogP contribution in [0.3, 0.4) is 0 Å². The number of ketones is 1. The van der Waals surface area contributed by atoms with Crippen LogP contribution in [0.1, 0.15) is 20.2 Å². The number of aromatic nitrogens is 2. The van der Waals surface area contributed by atoms with Gasteiger partial charge in [-0.2, -0.15) is 0 Å². The summed E-state index contributed by atoms with van der Waals surface area (Å²) in [6, 6.07) is 3.78. The molecule has 0 amide bonds. The van der Waals surface area contributed by atoms with E-state index in [1.165, 1.54) is 11.3 Å². The Morgan fingerprint density at radius 3 is 3.00 bits per heavy atom. The van der Waals surface area contributed by atoms with Gasteiger partial charge in [0.05, 0.1) is 11.2 Å². The summed E-state index contributed by atoms with van der Waals surface area (Å²) in [5.74, 6) is -0.0196. The second-order valence-corrected chi connectivity index (χ2v) is 4.81. The van der Waals surface area contributed by atoms with E-state index in [1.54, 1.807) is 12.5 Å². The first kappa shape index (κ1) is 11.0. The summed E-state index contributed by atoms with van der Waals surface area (Å²) in [6.45, 7) is 3.21. The number of nitrogens with two attached hydrogens (primary N) is 1. The molecule has 0 unspecified atom stereocenters. The first-order valence-electron chi connectivity index (χ1n) is 5.03. The van der Waals surface area contributed by atoms with Crippen LogP contribution in [0.15, 0.2) is 24.7 Å². The lowest BCUT2D eigenvalue weighted by Gasteiger charge is -1.95. The molecule has 5 heteroatoms. The SMILES string of the molecule is Cc1ccc(C(=O)c2cn(CCN)cn2)s1. The van der Waals surface area contributed by atoms with E-state index in [-0.39, 0.29) is 5.78 Å². The predicted octanol–water partition coefficient (Wildman–Crippen LogP) is 1.44. The highest BCUT2D eigenvalue weighted by Gasteiger charge is 2.13. The van der Waals surface area contributed by atoms with Crippen LogP contribution in [0.4, 0.5) is 0 Å². The van der Waals surface area contributed by atoms with Gasteiger partial charge < -0.3 is 10.3 Å². The lowest BCUT2D eigenvalue weighted by molar-refractivity contribution is 0.103. The van der Waals surface area contributed by atoms with E-state index >= 15 is 0 Å².